The number of rotatable bonds is 4. The predicted octanol–water partition coefficient (Wildman–Crippen LogP) is 0.349. The number of aromatic nitrogens is 1. The summed E-state index contributed by atoms with van der Waals surface area (Å²) in [5.74, 6) is -3.86. The van der Waals surface area contributed by atoms with Gasteiger partial charge in [-0.3, -0.25) is 4.79 Å². The summed E-state index contributed by atoms with van der Waals surface area (Å²) in [7, 11) is 0. The number of aliphatic carboxylic acids is 1. The molecule has 1 unspecified atom stereocenters. The van der Waals surface area contributed by atoms with E-state index in [0.29, 0.717) is 0 Å². The van der Waals surface area contributed by atoms with Crippen molar-refractivity contribution in [2.45, 2.75) is 18.6 Å². The van der Waals surface area contributed by atoms with Gasteiger partial charge in [0, 0.05) is 6.42 Å². The summed E-state index contributed by atoms with van der Waals surface area (Å²) in [6, 6.07) is -1.72. The van der Waals surface area contributed by atoms with Crippen LogP contribution in [0.15, 0.2) is 17.0 Å². The van der Waals surface area contributed by atoms with Gasteiger partial charge in [0.15, 0.2) is 6.39 Å². The third-order valence-corrected chi connectivity index (χ3v) is 1.75. The quantitative estimate of drug-likeness (QED) is 0.806. The molecule has 9 heteroatoms. The summed E-state index contributed by atoms with van der Waals surface area (Å²) >= 11 is 0. The van der Waals surface area contributed by atoms with Crippen LogP contribution in [-0.4, -0.2) is 34.2 Å². The molecule has 17 heavy (non-hydrogen) atoms. The SMILES string of the molecule is O=C(O)C(Cc1cnco1)NC(=O)C(F)(F)F. The van der Waals surface area contributed by atoms with E-state index in [4.69, 9.17) is 5.11 Å². The van der Waals surface area contributed by atoms with Crippen LogP contribution < -0.4 is 5.32 Å². The number of carbonyl (C=O) groups excluding carboxylic acids is 1. The molecular weight excluding hydrogens is 245 g/mol. The number of oxazole rings is 1. The molecule has 0 fully saturated rings. The normalized spacial score (nSPS) is 13.1. The lowest BCUT2D eigenvalue weighted by atomic mass is 10.2. The Kier molecular flexibility index (Phi) is 3.71. The lowest BCUT2D eigenvalue weighted by Gasteiger charge is -2.14. The molecule has 0 bridgehead atoms. The average Bonchev–Trinajstić information content (AvgIpc) is 2.67. The Morgan fingerprint density at radius 1 is 1.53 bits per heavy atom. The highest BCUT2D eigenvalue weighted by atomic mass is 19.4. The van der Waals surface area contributed by atoms with Crippen molar-refractivity contribution in [3.63, 3.8) is 0 Å². The molecule has 0 aliphatic heterocycles. The highest BCUT2D eigenvalue weighted by molar-refractivity contribution is 5.87. The Morgan fingerprint density at radius 3 is 2.59 bits per heavy atom. The smallest absolute Gasteiger partial charge is 0.471 e. The number of amides is 1. The van der Waals surface area contributed by atoms with Crippen LogP contribution in [-0.2, 0) is 16.0 Å². The lowest BCUT2D eigenvalue weighted by Crippen LogP contribution is -2.47. The first-order valence-corrected chi connectivity index (χ1v) is 4.28. The first-order chi connectivity index (χ1) is 7.80. The second-order valence-electron chi connectivity index (χ2n) is 3.03. The summed E-state index contributed by atoms with van der Waals surface area (Å²) in [6.45, 7) is 0. The van der Waals surface area contributed by atoms with Crippen LogP contribution in [0.4, 0.5) is 13.2 Å². The van der Waals surface area contributed by atoms with Gasteiger partial charge in [-0.1, -0.05) is 0 Å². The van der Waals surface area contributed by atoms with Crippen molar-refractivity contribution in [1.82, 2.24) is 10.3 Å². The van der Waals surface area contributed by atoms with Gasteiger partial charge in [-0.2, -0.15) is 13.2 Å². The Morgan fingerprint density at radius 2 is 2.18 bits per heavy atom. The molecule has 0 saturated heterocycles. The van der Waals surface area contributed by atoms with Crippen LogP contribution in [0, 0.1) is 0 Å². The van der Waals surface area contributed by atoms with Gasteiger partial charge in [-0.05, 0) is 0 Å². The number of hydrogen-bond acceptors (Lipinski definition) is 4. The lowest BCUT2D eigenvalue weighted by molar-refractivity contribution is -0.175. The molecule has 1 atom stereocenters. The van der Waals surface area contributed by atoms with E-state index >= 15 is 0 Å². The molecule has 0 radical (unpaired) electrons. The topological polar surface area (TPSA) is 92.4 Å². The zero-order valence-electron chi connectivity index (χ0n) is 8.19. The maximum absolute atomic E-state index is 11.9. The minimum atomic E-state index is -5.13. The van der Waals surface area contributed by atoms with Crippen LogP contribution in [0.2, 0.25) is 0 Å². The van der Waals surface area contributed by atoms with E-state index in [1.165, 1.54) is 5.32 Å². The summed E-state index contributed by atoms with van der Waals surface area (Å²) in [4.78, 5) is 24.7. The summed E-state index contributed by atoms with van der Waals surface area (Å²) in [5.41, 5.74) is 0. The van der Waals surface area contributed by atoms with E-state index in [-0.39, 0.29) is 5.76 Å². The maximum Gasteiger partial charge on any atom is 0.471 e. The van der Waals surface area contributed by atoms with Gasteiger partial charge >= 0.3 is 18.1 Å². The van der Waals surface area contributed by atoms with E-state index < -0.39 is 30.5 Å². The van der Waals surface area contributed by atoms with Gasteiger partial charge in [-0.15, -0.1) is 0 Å². The minimum Gasteiger partial charge on any atom is -0.480 e. The van der Waals surface area contributed by atoms with E-state index in [1.54, 1.807) is 0 Å². The van der Waals surface area contributed by atoms with Crippen molar-refractivity contribution in [2.24, 2.45) is 0 Å². The first-order valence-electron chi connectivity index (χ1n) is 4.28. The van der Waals surface area contributed by atoms with Crippen molar-refractivity contribution in [2.75, 3.05) is 0 Å². The molecular formula is C8H7F3N2O4. The van der Waals surface area contributed by atoms with Crippen LogP contribution in [0.3, 0.4) is 0 Å². The van der Waals surface area contributed by atoms with Gasteiger partial charge in [0.25, 0.3) is 0 Å². The van der Waals surface area contributed by atoms with Gasteiger partial charge < -0.3 is 14.8 Å². The minimum absolute atomic E-state index is 0.0554. The molecule has 1 aromatic rings. The molecule has 0 spiro atoms. The number of halogens is 3. The average molecular weight is 252 g/mol. The van der Waals surface area contributed by atoms with Crippen molar-refractivity contribution in [1.29, 1.82) is 0 Å². The summed E-state index contributed by atoms with van der Waals surface area (Å²) < 4.78 is 40.4. The Hall–Kier alpha value is -2.06. The van der Waals surface area contributed by atoms with Crippen molar-refractivity contribution < 1.29 is 32.3 Å². The van der Waals surface area contributed by atoms with Gasteiger partial charge in [0.05, 0.1) is 6.20 Å². The van der Waals surface area contributed by atoms with E-state index in [1.807, 2.05) is 0 Å². The van der Waals surface area contributed by atoms with E-state index in [9.17, 15) is 22.8 Å². The fourth-order valence-corrected chi connectivity index (χ4v) is 0.984. The third-order valence-electron chi connectivity index (χ3n) is 1.75. The molecule has 1 heterocycles. The fourth-order valence-electron chi connectivity index (χ4n) is 0.984. The van der Waals surface area contributed by atoms with Crippen molar-refractivity contribution in [3.8, 4) is 0 Å². The number of nitrogens with one attached hydrogen (secondary N) is 1. The number of carboxylic acids is 1. The Bertz CT molecular complexity index is 401. The summed E-state index contributed by atoms with van der Waals surface area (Å²) in [6.07, 6.45) is -3.40. The molecule has 0 saturated carbocycles. The van der Waals surface area contributed by atoms with Crippen molar-refractivity contribution >= 4 is 11.9 Å². The molecule has 0 aliphatic rings. The van der Waals surface area contributed by atoms with Crippen LogP contribution in [0.5, 0.6) is 0 Å². The van der Waals surface area contributed by atoms with Gasteiger partial charge in [-0.25, -0.2) is 9.78 Å². The Balaban J connectivity index is 2.68. The molecule has 2 N–H and O–H groups in total. The zero-order chi connectivity index (χ0) is 13.1. The standard InChI is InChI=1S/C8H7F3N2O4/c9-8(10,11)7(16)13-5(6(14)15)1-4-2-12-3-17-4/h2-3,5H,1H2,(H,13,16)(H,14,15). The number of carbonyl (C=O) groups is 2. The van der Waals surface area contributed by atoms with Crippen LogP contribution in [0.25, 0.3) is 0 Å². The first kappa shape index (κ1) is 13.0. The molecule has 1 rings (SSSR count). The number of hydrogen-bond donors (Lipinski definition) is 2. The highest BCUT2D eigenvalue weighted by Crippen LogP contribution is 2.15. The van der Waals surface area contributed by atoms with Gasteiger partial charge in [0.1, 0.15) is 11.8 Å². The number of alkyl halides is 3. The Labute approximate surface area is 92.4 Å². The monoisotopic (exact) mass is 252 g/mol. The molecule has 0 aromatic carbocycles. The van der Waals surface area contributed by atoms with Gasteiger partial charge in [0.2, 0.25) is 0 Å². The molecule has 0 aliphatic carbocycles. The summed E-state index contributed by atoms with van der Waals surface area (Å²) in [5, 5.41) is 9.99. The number of nitrogens with zero attached hydrogens (tertiary/aromatic N) is 1. The van der Waals surface area contributed by atoms with E-state index in [0.717, 1.165) is 12.6 Å². The second kappa shape index (κ2) is 4.85. The van der Waals surface area contributed by atoms with E-state index in [2.05, 4.69) is 9.40 Å². The second-order valence-corrected chi connectivity index (χ2v) is 3.03. The predicted molar refractivity (Wildman–Crippen MR) is 45.8 cm³/mol. The largest absolute Gasteiger partial charge is 0.480 e. The molecule has 1 aromatic heterocycles. The van der Waals surface area contributed by atoms with Crippen LogP contribution >= 0.6 is 0 Å². The zero-order valence-corrected chi connectivity index (χ0v) is 8.19. The number of carboxylic acid groups (broad SMARTS) is 1. The molecule has 94 valence electrons. The maximum atomic E-state index is 11.9. The van der Waals surface area contributed by atoms with Crippen molar-refractivity contribution in [3.05, 3.63) is 18.4 Å². The van der Waals surface area contributed by atoms with Crippen LogP contribution in [0.1, 0.15) is 5.76 Å². The molecule has 6 nitrogen and oxygen atoms in total. The fraction of sp³-hybridized carbons (Fsp3) is 0.375. The highest BCUT2D eigenvalue weighted by Gasteiger charge is 2.41. The molecule has 1 amide bonds. The third kappa shape index (κ3) is 3.78.